The number of carbonyl (C=O) groups is 1. The smallest absolute Gasteiger partial charge is 0.341 e. The van der Waals surface area contributed by atoms with Crippen LogP contribution in [0.25, 0.3) is 0 Å². The number of rotatable bonds is 2. The fourth-order valence-electron chi connectivity index (χ4n) is 1.97. The maximum atomic E-state index is 10.9. The minimum atomic E-state index is -0.856. The van der Waals surface area contributed by atoms with Crippen LogP contribution in [0, 0.1) is 5.92 Å². The van der Waals surface area contributed by atoms with Crippen molar-refractivity contribution in [2.45, 2.75) is 5.37 Å². The molecule has 0 spiro atoms. The van der Waals surface area contributed by atoms with Crippen LogP contribution in [0.3, 0.4) is 0 Å². The van der Waals surface area contributed by atoms with Gasteiger partial charge >= 0.3 is 5.97 Å². The lowest BCUT2D eigenvalue weighted by atomic mass is 10.1. The average molecular weight is 246 g/mol. The molecule has 5 heteroatoms. The van der Waals surface area contributed by atoms with Crippen molar-refractivity contribution in [1.29, 1.82) is 0 Å². The molecule has 1 aromatic rings. The number of hydrazone groups is 1. The van der Waals surface area contributed by atoms with E-state index in [0.29, 0.717) is 4.91 Å². The molecule has 86 valence electrons. The van der Waals surface area contributed by atoms with Crippen LogP contribution < -0.4 is 5.01 Å². The molecule has 0 saturated carbocycles. The molecular weight excluding hydrogens is 236 g/mol. The lowest BCUT2D eigenvalue weighted by Gasteiger charge is -2.22. The van der Waals surface area contributed by atoms with Crippen LogP contribution in [0.5, 0.6) is 0 Å². The van der Waals surface area contributed by atoms with Gasteiger partial charge in [-0.3, -0.25) is 5.01 Å². The minimum Gasteiger partial charge on any atom is -0.477 e. The summed E-state index contributed by atoms with van der Waals surface area (Å²) in [6, 6.07) is 9.79. The molecule has 0 bridgehead atoms. The summed E-state index contributed by atoms with van der Waals surface area (Å²) in [5, 5.41) is 15.2. The molecule has 0 radical (unpaired) electrons. The first-order valence-corrected chi connectivity index (χ1v) is 6.14. The number of hydrogen-bond donors (Lipinski definition) is 1. The molecule has 2 heterocycles. The summed E-state index contributed by atoms with van der Waals surface area (Å²) in [7, 11) is 0. The summed E-state index contributed by atoms with van der Waals surface area (Å²) in [5.41, 5.74) is 0.990. The van der Waals surface area contributed by atoms with Gasteiger partial charge in [-0.15, -0.1) is 0 Å². The fraction of sp³-hybridized carbons (Fsp3) is 0.167. The molecule has 2 atom stereocenters. The van der Waals surface area contributed by atoms with E-state index < -0.39 is 5.97 Å². The normalized spacial score (nSPS) is 25.9. The molecule has 2 aliphatic rings. The van der Waals surface area contributed by atoms with E-state index in [4.69, 9.17) is 5.11 Å². The van der Waals surface area contributed by atoms with Crippen molar-refractivity contribution in [2.75, 3.05) is 5.01 Å². The Hall–Kier alpha value is -1.75. The molecule has 3 rings (SSSR count). The van der Waals surface area contributed by atoms with E-state index in [1.165, 1.54) is 11.8 Å². The van der Waals surface area contributed by atoms with Crippen molar-refractivity contribution in [2.24, 2.45) is 11.0 Å². The van der Waals surface area contributed by atoms with Gasteiger partial charge in [-0.1, -0.05) is 36.0 Å². The Morgan fingerprint density at radius 1 is 1.35 bits per heavy atom. The molecule has 0 saturated heterocycles. The van der Waals surface area contributed by atoms with Crippen molar-refractivity contribution >= 4 is 29.6 Å². The third-order valence-electron chi connectivity index (χ3n) is 2.76. The van der Waals surface area contributed by atoms with Gasteiger partial charge in [0.1, 0.15) is 5.37 Å². The Bertz CT molecular complexity index is 512. The van der Waals surface area contributed by atoms with Crippen LogP contribution >= 0.6 is 11.8 Å². The molecule has 17 heavy (non-hydrogen) atoms. The highest BCUT2D eigenvalue weighted by Gasteiger charge is 2.38. The van der Waals surface area contributed by atoms with Crippen molar-refractivity contribution in [3.8, 4) is 0 Å². The van der Waals surface area contributed by atoms with Gasteiger partial charge in [0, 0.05) is 12.1 Å². The fourth-order valence-corrected chi connectivity index (χ4v) is 3.14. The lowest BCUT2D eigenvalue weighted by molar-refractivity contribution is -0.131. The van der Waals surface area contributed by atoms with Crippen molar-refractivity contribution in [3.63, 3.8) is 0 Å². The van der Waals surface area contributed by atoms with Crippen molar-refractivity contribution in [1.82, 2.24) is 0 Å². The largest absolute Gasteiger partial charge is 0.477 e. The maximum Gasteiger partial charge on any atom is 0.341 e. The van der Waals surface area contributed by atoms with E-state index in [0.717, 1.165) is 5.69 Å². The van der Waals surface area contributed by atoms with Gasteiger partial charge < -0.3 is 5.11 Å². The number of thioether (sulfide) groups is 1. The maximum absolute atomic E-state index is 10.9. The number of benzene rings is 1. The third kappa shape index (κ3) is 1.72. The first-order valence-electron chi connectivity index (χ1n) is 5.26. The Morgan fingerprint density at radius 3 is 2.82 bits per heavy atom. The molecule has 0 aliphatic carbocycles. The number of anilines is 1. The monoisotopic (exact) mass is 246 g/mol. The summed E-state index contributed by atoms with van der Waals surface area (Å²) in [5.74, 6) is -0.767. The predicted octanol–water partition coefficient (Wildman–Crippen LogP) is 2.15. The summed E-state index contributed by atoms with van der Waals surface area (Å²) in [6.07, 6.45) is 3.57. The van der Waals surface area contributed by atoms with Crippen LogP contribution in [0.2, 0.25) is 0 Å². The van der Waals surface area contributed by atoms with E-state index in [1.807, 2.05) is 35.3 Å². The Kier molecular flexibility index (Phi) is 2.40. The van der Waals surface area contributed by atoms with Crippen LogP contribution in [0.1, 0.15) is 0 Å². The summed E-state index contributed by atoms with van der Waals surface area (Å²) >= 11 is 1.35. The van der Waals surface area contributed by atoms with E-state index in [-0.39, 0.29) is 11.3 Å². The van der Waals surface area contributed by atoms with Gasteiger partial charge in [-0.25, -0.2) is 4.79 Å². The van der Waals surface area contributed by atoms with E-state index in [1.54, 1.807) is 12.3 Å². The molecule has 1 aromatic carbocycles. The molecule has 0 aromatic heterocycles. The summed E-state index contributed by atoms with van der Waals surface area (Å²) in [4.78, 5) is 11.3. The third-order valence-corrected chi connectivity index (χ3v) is 4.08. The highest BCUT2D eigenvalue weighted by Crippen LogP contribution is 2.42. The highest BCUT2D eigenvalue weighted by molar-refractivity contribution is 8.05. The van der Waals surface area contributed by atoms with Crippen LogP contribution in [0.4, 0.5) is 5.69 Å². The van der Waals surface area contributed by atoms with E-state index >= 15 is 0 Å². The number of aliphatic carboxylic acids is 1. The molecule has 4 nitrogen and oxygen atoms in total. The number of hydrogen-bond acceptors (Lipinski definition) is 4. The van der Waals surface area contributed by atoms with Crippen LogP contribution in [-0.4, -0.2) is 22.7 Å². The number of carboxylic acid groups (broad SMARTS) is 1. The number of para-hydroxylation sites is 1. The van der Waals surface area contributed by atoms with Gasteiger partial charge in [0.05, 0.1) is 10.6 Å². The zero-order chi connectivity index (χ0) is 11.8. The molecule has 0 fully saturated rings. The van der Waals surface area contributed by atoms with Gasteiger partial charge in [-0.05, 0) is 12.1 Å². The minimum absolute atomic E-state index is 0.0449. The summed E-state index contributed by atoms with van der Waals surface area (Å²) < 4.78 is 0. The molecule has 2 unspecified atom stereocenters. The van der Waals surface area contributed by atoms with Gasteiger partial charge in [-0.2, -0.15) is 5.10 Å². The highest BCUT2D eigenvalue weighted by atomic mass is 32.2. The Balaban J connectivity index is 1.86. The second kappa shape index (κ2) is 3.92. The standard InChI is InChI=1S/C12H10N2O2S/c15-12(16)10-6-8-7-13-14(11(8)17-10)9-4-2-1-3-5-9/h1-8,11H,(H,15,16). The predicted molar refractivity (Wildman–Crippen MR) is 68.0 cm³/mol. The van der Waals surface area contributed by atoms with Crippen LogP contribution in [0.15, 0.2) is 46.4 Å². The number of nitrogens with zero attached hydrogens (tertiary/aromatic N) is 2. The Morgan fingerprint density at radius 2 is 2.12 bits per heavy atom. The first kappa shape index (κ1) is 10.4. The average Bonchev–Trinajstić information content (AvgIpc) is 2.89. The Labute approximate surface area is 103 Å². The summed E-state index contributed by atoms with van der Waals surface area (Å²) in [6.45, 7) is 0. The number of carboxylic acids is 1. The first-order chi connectivity index (χ1) is 8.25. The van der Waals surface area contributed by atoms with Gasteiger partial charge in [0.25, 0.3) is 0 Å². The number of fused-ring (bicyclic) bond motifs is 1. The van der Waals surface area contributed by atoms with Gasteiger partial charge in [0.15, 0.2) is 0 Å². The van der Waals surface area contributed by atoms with Crippen molar-refractivity contribution in [3.05, 3.63) is 41.3 Å². The van der Waals surface area contributed by atoms with E-state index in [9.17, 15) is 4.79 Å². The molecule has 1 N–H and O–H groups in total. The van der Waals surface area contributed by atoms with Gasteiger partial charge in [0.2, 0.25) is 0 Å². The quantitative estimate of drug-likeness (QED) is 0.868. The van der Waals surface area contributed by atoms with Crippen molar-refractivity contribution < 1.29 is 9.90 Å². The zero-order valence-corrected chi connectivity index (χ0v) is 9.67. The second-order valence-corrected chi connectivity index (χ2v) is 5.03. The SMILES string of the molecule is O=C(O)C1=CC2C=NN(c3ccccc3)C2S1. The second-order valence-electron chi connectivity index (χ2n) is 3.87. The molecular formula is C12H10N2O2S. The topological polar surface area (TPSA) is 52.9 Å². The molecule has 2 aliphatic heterocycles. The zero-order valence-electron chi connectivity index (χ0n) is 8.85. The van der Waals surface area contributed by atoms with Crippen LogP contribution in [-0.2, 0) is 4.79 Å². The van der Waals surface area contributed by atoms with E-state index in [2.05, 4.69) is 5.10 Å². The lowest BCUT2D eigenvalue weighted by Crippen LogP contribution is -2.25. The molecule has 0 amide bonds.